The first kappa shape index (κ1) is 26.8. The van der Waals surface area contributed by atoms with Gasteiger partial charge in [-0.05, 0) is 31.7 Å². The van der Waals surface area contributed by atoms with Crippen LogP contribution in [0, 0.1) is 0 Å². The standard InChI is InChI=1S/C11H28O2Si2.3CH4/c1-7-9-11-15(12-3,10-8-2)13-14(4,5)6;;;/h7-11H2,1-6H3;3*1H4. The molecule has 0 N–H and O–H groups in total. The van der Waals surface area contributed by atoms with Crippen molar-refractivity contribution in [2.24, 2.45) is 0 Å². The summed E-state index contributed by atoms with van der Waals surface area (Å²) in [5.41, 5.74) is 0. The Kier molecular flexibility index (Phi) is 18.5. The average molecular weight is 297 g/mol. The van der Waals surface area contributed by atoms with E-state index in [9.17, 15) is 0 Å². The molecule has 0 bridgehead atoms. The SMILES string of the molecule is C.C.C.CCCC[Si](CCC)(OC)O[Si](C)(C)C. The van der Waals surface area contributed by atoms with E-state index in [1.54, 1.807) is 0 Å². The predicted molar refractivity (Wildman–Crippen MR) is 92.2 cm³/mol. The van der Waals surface area contributed by atoms with Gasteiger partial charge in [0.2, 0.25) is 0 Å². The van der Waals surface area contributed by atoms with Crippen molar-refractivity contribution in [2.75, 3.05) is 7.11 Å². The second-order valence-corrected chi connectivity index (χ2v) is 13.5. The van der Waals surface area contributed by atoms with E-state index in [0.29, 0.717) is 0 Å². The largest absolute Gasteiger partial charge is 0.436 e. The molecular weight excluding hydrogens is 256 g/mol. The lowest BCUT2D eigenvalue weighted by atomic mass is 10.4. The van der Waals surface area contributed by atoms with E-state index in [0.717, 1.165) is 12.1 Å². The van der Waals surface area contributed by atoms with E-state index in [-0.39, 0.29) is 22.3 Å². The van der Waals surface area contributed by atoms with Gasteiger partial charge in [0.25, 0.3) is 0 Å². The molecule has 0 aliphatic heterocycles. The summed E-state index contributed by atoms with van der Waals surface area (Å²) < 4.78 is 12.2. The van der Waals surface area contributed by atoms with Gasteiger partial charge in [0, 0.05) is 7.11 Å². The van der Waals surface area contributed by atoms with Crippen molar-refractivity contribution >= 4 is 16.9 Å². The summed E-state index contributed by atoms with van der Waals surface area (Å²) in [6, 6.07) is 2.31. The van der Waals surface area contributed by atoms with Gasteiger partial charge in [0.1, 0.15) is 0 Å². The average Bonchev–Trinajstić information content (AvgIpc) is 2.12. The van der Waals surface area contributed by atoms with Gasteiger partial charge in [-0.25, -0.2) is 0 Å². The summed E-state index contributed by atoms with van der Waals surface area (Å²) in [6.07, 6.45) is 3.65. The van der Waals surface area contributed by atoms with Crippen LogP contribution >= 0.6 is 0 Å². The van der Waals surface area contributed by atoms with Crippen LogP contribution in [0.25, 0.3) is 0 Å². The molecule has 0 saturated carbocycles. The lowest BCUT2D eigenvalue weighted by molar-refractivity contribution is 0.291. The Hall–Kier alpha value is 0.354. The Morgan fingerprint density at radius 3 is 1.61 bits per heavy atom. The fraction of sp³-hybridized carbons (Fsp3) is 1.00. The molecule has 0 rings (SSSR count). The normalized spacial score (nSPS) is 13.7. The Labute approximate surface area is 120 Å². The summed E-state index contributed by atoms with van der Waals surface area (Å²) in [6.45, 7) is 11.2. The Bertz CT molecular complexity index is 170. The summed E-state index contributed by atoms with van der Waals surface area (Å²) in [5, 5.41) is 0. The molecule has 1 atom stereocenters. The maximum Gasteiger partial charge on any atom is 0.327 e. The first-order valence-corrected chi connectivity index (χ1v) is 11.8. The molecule has 0 amide bonds. The molecule has 18 heavy (non-hydrogen) atoms. The number of rotatable bonds is 8. The monoisotopic (exact) mass is 296 g/mol. The number of unbranched alkanes of at least 4 members (excludes halogenated alkanes) is 1. The topological polar surface area (TPSA) is 18.5 Å². The molecule has 1 unspecified atom stereocenters. The van der Waals surface area contributed by atoms with E-state index in [4.69, 9.17) is 8.54 Å². The Morgan fingerprint density at radius 2 is 1.33 bits per heavy atom. The van der Waals surface area contributed by atoms with Crippen LogP contribution in [0.5, 0.6) is 0 Å². The first-order valence-electron chi connectivity index (χ1n) is 6.14. The number of hydrogen-bond acceptors (Lipinski definition) is 2. The van der Waals surface area contributed by atoms with E-state index in [2.05, 4.69) is 33.5 Å². The zero-order valence-electron chi connectivity index (χ0n) is 11.4. The van der Waals surface area contributed by atoms with Crippen molar-refractivity contribution in [3.63, 3.8) is 0 Å². The van der Waals surface area contributed by atoms with Gasteiger partial charge >= 0.3 is 8.56 Å². The maximum atomic E-state index is 6.37. The molecule has 0 aromatic heterocycles. The van der Waals surface area contributed by atoms with Gasteiger partial charge < -0.3 is 8.54 Å². The minimum Gasteiger partial charge on any atom is -0.436 e. The molecule has 0 spiro atoms. The van der Waals surface area contributed by atoms with Crippen LogP contribution in [0.3, 0.4) is 0 Å². The smallest absolute Gasteiger partial charge is 0.327 e. The highest BCUT2D eigenvalue weighted by molar-refractivity contribution is 6.82. The molecule has 4 heteroatoms. The second-order valence-electron chi connectivity index (χ2n) is 5.18. The highest BCUT2D eigenvalue weighted by Gasteiger charge is 2.38. The Balaban J connectivity index is -0.000000327. The van der Waals surface area contributed by atoms with Gasteiger partial charge in [0.15, 0.2) is 8.32 Å². The number of hydrogen-bond donors (Lipinski definition) is 0. The van der Waals surface area contributed by atoms with Gasteiger partial charge in [-0.15, -0.1) is 0 Å². The lowest BCUT2D eigenvalue weighted by Gasteiger charge is -2.35. The molecule has 0 fully saturated rings. The third-order valence-electron chi connectivity index (χ3n) is 2.41. The van der Waals surface area contributed by atoms with E-state index in [1.165, 1.54) is 19.3 Å². The summed E-state index contributed by atoms with van der Waals surface area (Å²) in [5.74, 6) is 0. The van der Waals surface area contributed by atoms with Crippen molar-refractivity contribution in [3.8, 4) is 0 Å². The van der Waals surface area contributed by atoms with Crippen molar-refractivity contribution in [3.05, 3.63) is 0 Å². The summed E-state index contributed by atoms with van der Waals surface area (Å²) >= 11 is 0. The van der Waals surface area contributed by atoms with Crippen molar-refractivity contribution in [1.82, 2.24) is 0 Å². The molecular formula is C14H40O2Si2. The lowest BCUT2D eigenvalue weighted by Crippen LogP contribution is -2.48. The zero-order chi connectivity index (χ0) is 11.9. The van der Waals surface area contributed by atoms with Crippen LogP contribution in [0.4, 0.5) is 0 Å². The van der Waals surface area contributed by atoms with Crippen molar-refractivity contribution in [2.45, 2.75) is 87.1 Å². The van der Waals surface area contributed by atoms with E-state index < -0.39 is 16.9 Å². The predicted octanol–water partition coefficient (Wildman–Crippen LogP) is 6.04. The molecule has 0 aliphatic carbocycles. The minimum atomic E-state index is -1.86. The Morgan fingerprint density at radius 1 is 0.833 bits per heavy atom. The van der Waals surface area contributed by atoms with E-state index in [1.807, 2.05) is 7.11 Å². The summed E-state index contributed by atoms with van der Waals surface area (Å²) in [7, 11) is -1.48. The highest BCUT2D eigenvalue weighted by atomic mass is 28.4. The van der Waals surface area contributed by atoms with E-state index >= 15 is 0 Å². The van der Waals surface area contributed by atoms with Crippen LogP contribution in [0.2, 0.25) is 31.7 Å². The van der Waals surface area contributed by atoms with Gasteiger partial charge in [0.05, 0.1) is 0 Å². The van der Waals surface area contributed by atoms with Crippen LogP contribution in [0.1, 0.15) is 55.4 Å². The fourth-order valence-electron chi connectivity index (χ4n) is 1.86. The maximum absolute atomic E-state index is 6.37. The molecule has 0 aromatic rings. The molecule has 0 aliphatic rings. The van der Waals surface area contributed by atoms with Crippen LogP contribution < -0.4 is 0 Å². The summed E-state index contributed by atoms with van der Waals surface area (Å²) in [4.78, 5) is 0. The molecule has 116 valence electrons. The third kappa shape index (κ3) is 11.4. The zero-order valence-corrected chi connectivity index (χ0v) is 13.4. The highest BCUT2D eigenvalue weighted by Crippen LogP contribution is 2.26. The molecule has 0 radical (unpaired) electrons. The second kappa shape index (κ2) is 12.4. The third-order valence-corrected chi connectivity index (χ3v) is 9.47. The van der Waals surface area contributed by atoms with Gasteiger partial charge in [-0.1, -0.05) is 55.4 Å². The van der Waals surface area contributed by atoms with Gasteiger partial charge in [-0.3, -0.25) is 0 Å². The minimum absolute atomic E-state index is 0. The molecule has 0 aromatic carbocycles. The fourth-order valence-corrected chi connectivity index (χ4v) is 9.78. The van der Waals surface area contributed by atoms with Gasteiger partial charge in [-0.2, -0.15) is 0 Å². The van der Waals surface area contributed by atoms with Crippen LogP contribution in [0.15, 0.2) is 0 Å². The van der Waals surface area contributed by atoms with Crippen LogP contribution in [-0.2, 0) is 8.54 Å². The van der Waals surface area contributed by atoms with Crippen LogP contribution in [-0.4, -0.2) is 24.0 Å². The molecule has 0 heterocycles. The first-order chi connectivity index (χ1) is 6.89. The molecule has 2 nitrogen and oxygen atoms in total. The molecule has 0 saturated heterocycles. The van der Waals surface area contributed by atoms with Crippen molar-refractivity contribution < 1.29 is 8.54 Å². The van der Waals surface area contributed by atoms with Crippen molar-refractivity contribution in [1.29, 1.82) is 0 Å². The quantitative estimate of drug-likeness (QED) is 0.508.